The molecule has 1 amide bonds. The van der Waals surface area contributed by atoms with Crippen molar-refractivity contribution in [1.29, 1.82) is 0 Å². The first-order chi connectivity index (χ1) is 12.2. The fourth-order valence-electron chi connectivity index (χ4n) is 2.55. The molecule has 1 heterocycles. The van der Waals surface area contributed by atoms with E-state index in [0.29, 0.717) is 5.82 Å². The highest BCUT2D eigenvalue weighted by Crippen LogP contribution is 2.24. The number of thiocarbonyl (C=S) groups is 1. The van der Waals surface area contributed by atoms with Gasteiger partial charge in [0.2, 0.25) is 5.91 Å². The lowest BCUT2D eigenvalue weighted by molar-refractivity contribution is -0.120. The predicted octanol–water partition coefficient (Wildman–Crippen LogP) is 3.73. The molecule has 0 aliphatic rings. The minimum absolute atomic E-state index is 0.189. The maximum atomic E-state index is 12.9. The van der Waals surface area contributed by atoms with Crippen LogP contribution in [0.15, 0.2) is 85.1 Å². The summed E-state index contributed by atoms with van der Waals surface area (Å²) in [5.74, 6) is -0.0412. The van der Waals surface area contributed by atoms with Crippen molar-refractivity contribution in [2.24, 2.45) is 0 Å². The summed E-state index contributed by atoms with van der Waals surface area (Å²) in [4.78, 5) is 17.0. The molecule has 0 spiro atoms. The standard InChI is InChI=1S/C20H17N3OS/c24-19(23-20(25)22-17-13-7-8-14-21-17)18(15-9-3-1-4-10-15)16-11-5-2-6-12-16/h1-14,18H,(H2,21,22,23,24,25). The first-order valence-electron chi connectivity index (χ1n) is 7.87. The molecule has 5 heteroatoms. The first kappa shape index (κ1) is 16.8. The summed E-state index contributed by atoms with van der Waals surface area (Å²) in [6.07, 6.45) is 1.66. The van der Waals surface area contributed by atoms with Crippen LogP contribution in [-0.4, -0.2) is 16.0 Å². The van der Waals surface area contributed by atoms with Gasteiger partial charge in [0.1, 0.15) is 5.82 Å². The first-order valence-corrected chi connectivity index (χ1v) is 8.27. The van der Waals surface area contributed by atoms with Gasteiger partial charge in [0.05, 0.1) is 5.92 Å². The van der Waals surface area contributed by atoms with Crippen LogP contribution in [-0.2, 0) is 4.79 Å². The molecule has 3 aromatic rings. The van der Waals surface area contributed by atoms with E-state index in [9.17, 15) is 4.79 Å². The summed E-state index contributed by atoms with van der Waals surface area (Å²) in [5.41, 5.74) is 1.82. The van der Waals surface area contributed by atoms with E-state index in [1.165, 1.54) is 0 Å². The molecule has 0 saturated heterocycles. The van der Waals surface area contributed by atoms with Crippen LogP contribution in [0.1, 0.15) is 17.0 Å². The second kappa shape index (κ2) is 8.17. The number of benzene rings is 2. The highest BCUT2D eigenvalue weighted by atomic mass is 32.1. The van der Waals surface area contributed by atoms with Gasteiger partial charge in [-0.25, -0.2) is 4.98 Å². The molecule has 0 fully saturated rings. The van der Waals surface area contributed by atoms with Crippen LogP contribution in [0.2, 0.25) is 0 Å². The number of carbonyl (C=O) groups is 1. The maximum absolute atomic E-state index is 12.9. The highest BCUT2D eigenvalue weighted by molar-refractivity contribution is 7.80. The fraction of sp³-hybridized carbons (Fsp3) is 0.0500. The zero-order chi connectivity index (χ0) is 17.5. The SMILES string of the molecule is O=C(NC(=S)Nc1ccccn1)C(c1ccccc1)c1ccccc1. The van der Waals surface area contributed by atoms with Crippen molar-refractivity contribution in [2.45, 2.75) is 5.92 Å². The molecular formula is C20H17N3OS. The number of pyridine rings is 1. The number of anilines is 1. The van der Waals surface area contributed by atoms with E-state index in [4.69, 9.17) is 12.2 Å². The molecule has 1 aromatic heterocycles. The quantitative estimate of drug-likeness (QED) is 0.706. The van der Waals surface area contributed by atoms with Gasteiger partial charge in [0.15, 0.2) is 5.11 Å². The van der Waals surface area contributed by atoms with Gasteiger partial charge in [-0.1, -0.05) is 66.7 Å². The van der Waals surface area contributed by atoms with Crippen LogP contribution in [0.25, 0.3) is 0 Å². The molecule has 0 bridgehead atoms. The molecule has 0 aliphatic heterocycles. The number of carbonyl (C=O) groups excluding carboxylic acids is 1. The second-order valence-electron chi connectivity index (χ2n) is 5.41. The Balaban J connectivity index is 1.79. The van der Waals surface area contributed by atoms with Gasteiger partial charge in [0.25, 0.3) is 0 Å². The number of nitrogens with zero attached hydrogens (tertiary/aromatic N) is 1. The van der Waals surface area contributed by atoms with Crippen LogP contribution in [0.5, 0.6) is 0 Å². The topological polar surface area (TPSA) is 54.0 Å². The smallest absolute Gasteiger partial charge is 0.238 e. The fourth-order valence-corrected chi connectivity index (χ4v) is 2.76. The third-order valence-electron chi connectivity index (χ3n) is 3.67. The van der Waals surface area contributed by atoms with E-state index >= 15 is 0 Å². The van der Waals surface area contributed by atoms with E-state index in [0.717, 1.165) is 11.1 Å². The lowest BCUT2D eigenvalue weighted by Crippen LogP contribution is -2.38. The summed E-state index contributed by atoms with van der Waals surface area (Å²) in [7, 11) is 0. The Morgan fingerprint density at radius 1 is 0.840 bits per heavy atom. The van der Waals surface area contributed by atoms with Gasteiger partial charge in [-0.05, 0) is 35.5 Å². The number of nitrogens with one attached hydrogen (secondary N) is 2. The van der Waals surface area contributed by atoms with Crippen LogP contribution >= 0.6 is 12.2 Å². The zero-order valence-electron chi connectivity index (χ0n) is 13.4. The molecule has 4 nitrogen and oxygen atoms in total. The molecule has 124 valence electrons. The van der Waals surface area contributed by atoms with Gasteiger partial charge in [0, 0.05) is 6.20 Å². The Kier molecular flexibility index (Phi) is 5.49. The number of amides is 1. The molecule has 0 radical (unpaired) electrons. The largest absolute Gasteiger partial charge is 0.317 e. The van der Waals surface area contributed by atoms with Crippen LogP contribution in [0.3, 0.4) is 0 Å². The average Bonchev–Trinajstić information content (AvgIpc) is 2.64. The Morgan fingerprint density at radius 3 is 1.92 bits per heavy atom. The van der Waals surface area contributed by atoms with Crippen molar-refractivity contribution < 1.29 is 4.79 Å². The number of aromatic nitrogens is 1. The Labute approximate surface area is 151 Å². The van der Waals surface area contributed by atoms with Crippen LogP contribution < -0.4 is 10.6 Å². The minimum Gasteiger partial charge on any atom is -0.317 e. The molecule has 0 atom stereocenters. The van der Waals surface area contributed by atoms with Gasteiger partial charge in [-0.2, -0.15) is 0 Å². The molecule has 0 aliphatic carbocycles. The lowest BCUT2D eigenvalue weighted by Gasteiger charge is -2.18. The van der Waals surface area contributed by atoms with E-state index in [-0.39, 0.29) is 11.0 Å². The van der Waals surface area contributed by atoms with Crippen molar-refractivity contribution in [1.82, 2.24) is 10.3 Å². The third kappa shape index (κ3) is 4.49. The summed E-state index contributed by atoms with van der Waals surface area (Å²) in [6, 6.07) is 24.7. The maximum Gasteiger partial charge on any atom is 0.238 e. The molecule has 0 unspecified atom stereocenters. The Hall–Kier alpha value is -3.05. The number of rotatable bonds is 4. The molecule has 2 aromatic carbocycles. The van der Waals surface area contributed by atoms with Gasteiger partial charge < -0.3 is 10.6 Å². The monoisotopic (exact) mass is 347 g/mol. The van der Waals surface area contributed by atoms with Crippen molar-refractivity contribution in [3.63, 3.8) is 0 Å². The molecule has 0 saturated carbocycles. The minimum atomic E-state index is -0.439. The van der Waals surface area contributed by atoms with E-state index in [1.807, 2.05) is 72.8 Å². The summed E-state index contributed by atoms with van der Waals surface area (Å²) >= 11 is 5.25. The Bertz CT molecular complexity index is 799. The summed E-state index contributed by atoms with van der Waals surface area (Å²) < 4.78 is 0. The van der Waals surface area contributed by atoms with Crippen molar-refractivity contribution >= 4 is 29.1 Å². The van der Waals surface area contributed by atoms with Crippen LogP contribution in [0.4, 0.5) is 5.82 Å². The van der Waals surface area contributed by atoms with Crippen molar-refractivity contribution in [3.05, 3.63) is 96.2 Å². The van der Waals surface area contributed by atoms with E-state index in [1.54, 1.807) is 12.3 Å². The molecule has 25 heavy (non-hydrogen) atoms. The lowest BCUT2D eigenvalue weighted by atomic mass is 9.90. The normalized spacial score (nSPS) is 10.3. The second-order valence-corrected chi connectivity index (χ2v) is 5.82. The highest BCUT2D eigenvalue weighted by Gasteiger charge is 2.23. The van der Waals surface area contributed by atoms with Crippen LogP contribution in [0, 0.1) is 0 Å². The number of hydrogen-bond acceptors (Lipinski definition) is 3. The van der Waals surface area contributed by atoms with E-state index in [2.05, 4.69) is 15.6 Å². The molecular weight excluding hydrogens is 330 g/mol. The summed E-state index contributed by atoms with van der Waals surface area (Å²) in [6.45, 7) is 0. The van der Waals surface area contributed by atoms with Crippen molar-refractivity contribution in [2.75, 3.05) is 5.32 Å². The zero-order valence-corrected chi connectivity index (χ0v) is 14.2. The van der Waals surface area contributed by atoms with Gasteiger partial charge >= 0.3 is 0 Å². The number of hydrogen-bond donors (Lipinski definition) is 2. The summed E-state index contributed by atoms with van der Waals surface area (Å²) in [5, 5.41) is 5.91. The molecule has 2 N–H and O–H groups in total. The average molecular weight is 347 g/mol. The van der Waals surface area contributed by atoms with Gasteiger partial charge in [-0.3, -0.25) is 4.79 Å². The van der Waals surface area contributed by atoms with Gasteiger partial charge in [-0.15, -0.1) is 0 Å². The van der Waals surface area contributed by atoms with E-state index < -0.39 is 5.92 Å². The predicted molar refractivity (Wildman–Crippen MR) is 103 cm³/mol. The Morgan fingerprint density at radius 2 is 1.40 bits per heavy atom. The molecule has 3 rings (SSSR count). The third-order valence-corrected chi connectivity index (χ3v) is 3.88. The van der Waals surface area contributed by atoms with Crippen molar-refractivity contribution in [3.8, 4) is 0 Å².